The van der Waals surface area contributed by atoms with Crippen molar-refractivity contribution in [3.05, 3.63) is 45.8 Å². The lowest BCUT2D eigenvalue weighted by Gasteiger charge is -2.13. The van der Waals surface area contributed by atoms with Gasteiger partial charge in [0.15, 0.2) is 9.84 Å². The summed E-state index contributed by atoms with van der Waals surface area (Å²) >= 11 is 1.13. The van der Waals surface area contributed by atoms with Gasteiger partial charge in [-0.1, -0.05) is 12.1 Å². The van der Waals surface area contributed by atoms with Gasteiger partial charge >= 0.3 is 5.97 Å². The molecule has 1 amide bonds. The van der Waals surface area contributed by atoms with Crippen LogP contribution in [0, 0.1) is 0 Å². The summed E-state index contributed by atoms with van der Waals surface area (Å²) in [7, 11) is -1.64. The van der Waals surface area contributed by atoms with E-state index in [1.165, 1.54) is 0 Å². The van der Waals surface area contributed by atoms with Crippen LogP contribution < -0.4 is 10.1 Å². The third-order valence-corrected chi connectivity index (χ3v) is 7.22. The molecule has 2 heterocycles. The van der Waals surface area contributed by atoms with Crippen LogP contribution in [0.2, 0.25) is 0 Å². The molecule has 0 atom stereocenters. The molecule has 0 fully saturated rings. The number of methoxy groups -OCH3 is 1. The van der Waals surface area contributed by atoms with Crippen LogP contribution in [0.5, 0.6) is 5.75 Å². The number of thiophene rings is 1. The fourth-order valence-electron chi connectivity index (χ4n) is 3.07. The maximum atomic E-state index is 12.5. The van der Waals surface area contributed by atoms with E-state index in [2.05, 4.69) is 5.32 Å². The largest absolute Gasteiger partial charge is 0.497 e. The molecule has 3 rings (SSSR count). The Morgan fingerprint density at radius 1 is 1.29 bits per heavy atom. The fourth-order valence-corrected chi connectivity index (χ4v) is 6.12. The number of hydrogen-bond acceptors (Lipinski definition) is 7. The van der Waals surface area contributed by atoms with Gasteiger partial charge < -0.3 is 14.8 Å². The minimum atomic E-state index is -3.19. The van der Waals surface area contributed by atoms with Gasteiger partial charge in [0, 0.05) is 4.88 Å². The lowest BCUT2D eigenvalue weighted by Crippen LogP contribution is -2.20. The Morgan fingerprint density at radius 3 is 2.79 bits per heavy atom. The monoisotopic (exact) mass is 423 g/mol. The highest BCUT2D eigenvalue weighted by atomic mass is 32.2. The first-order valence-corrected chi connectivity index (χ1v) is 11.4. The van der Waals surface area contributed by atoms with Gasteiger partial charge in [-0.25, -0.2) is 13.2 Å². The predicted molar refractivity (Wildman–Crippen MR) is 107 cm³/mol. The summed E-state index contributed by atoms with van der Waals surface area (Å²) in [6.45, 7) is 1.89. The summed E-state index contributed by atoms with van der Waals surface area (Å²) in [5.41, 5.74) is 1.70. The summed E-state index contributed by atoms with van der Waals surface area (Å²) < 4.78 is 34.2. The second-order valence-electron chi connectivity index (χ2n) is 6.35. The molecular weight excluding hydrogens is 402 g/mol. The molecule has 9 heteroatoms. The summed E-state index contributed by atoms with van der Waals surface area (Å²) in [4.78, 5) is 25.6. The van der Waals surface area contributed by atoms with Crippen molar-refractivity contribution in [1.82, 2.24) is 0 Å². The van der Waals surface area contributed by atoms with Crippen LogP contribution in [0.3, 0.4) is 0 Å². The second kappa shape index (κ2) is 8.32. The Bertz CT molecular complexity index is 1010. The minimum Gasteiger partial charge on any atom is -0.497 e. The highest BCUT2D eigenvalue weighted by Gasteiger charge is 2.32. The molecule has 1 N–H and O–H groups in total. The molecule has 28 heavy (non-hydrogen) atoms. The lowest BCUT2D eigenvalue weighted by molar-refractivity contribution is -0.115. The summed E-state index contributed by atoms with van der Waals surface area (Å²) in [5, 5.41) is 3.10. The number of fused-ring (bicyclic) bond motifs is 1. The van der Waals surface area contributed by atoms with Gasteiger partial charge in [-0.05, 0) is 36.6 Å². The van der Waals surface area contributed by atoms with Crippen LogP contribution in [-0.2, 0) is 38.0 Å². The molecule has 1 aliphatic heterocycles. The average Bonchev–Trinajstić information content (AvgIpc) is 2.97. The number of carbonyl (C=O) groups excluding carboxylic acids is 2. The van der Waals surface area contributed by atoms with Crippen LogP contribution >= 0.6 is 11.3 Å². The number of sulfone groups is 1. The third kappa shape index (κ3) is 4.53. The van der Waals surface area contributed by atoms with Crippen LogP contribution in [0.1, 0.15) is 33.3 Å². The standard InChI is InChI=1S/C19H21NO6S2/c1-3-26-19(22)17-14-7-8-28(23,24)11-15(14)27-18(17)20-16(21)10-12-5-4-6-13(9-12)25-2/h4-6,9H,3,7-8,10-11H2,1-2H3,(H,20,21). The first-order chi connectivity index (χ1) is 13.3. The summed E-state index contributed by atoms with van der Waals surface area (Å²) in [5.74, 6) is -0.337. The molecule has 1 aliphatic rings. The summed E-state index contributed by atoms with van der Waals surface area (Å²) in [6.07, 6.45) is 0.342. The van der Waals surface area contributed by atoms with Crippen LogP contribution in [0.15, 0.2) is 24.3 Å². The van der Waals surface area contributed by atoms with E-state index in [-0.39, 0.29) is 42.4 Å². The van der Waals surface area contributed by atoms with Crippen LogP contribution in [0.4, 0.5) is 5.00 Å². The normalized spacial score (nSPS) is 14.8. The van der Waals surface area contributed by atoms with E-state index in [9.17, 15) is 18.0 Å². The fraction of sp³-hybridized carbons (Fsp3) is 0.368. The van der Waals surface area contributed by atoms with Crippen molar-refractivity contribution >= 4 is 38.1 Å². The molecule has 0 aliphatic carbocycles. The van der Waals surface area contributed by atoms with E-state index in [1.807, 2.05) is 0 Å². The van der Waals surface area contributed by atoms with Gasteiger partial charge in [0.1, 0.15) is 10.8 Å². The summed E-state index contributed by atoms with van der Waals surface area (Å²) in [6, 6.07) is 7.15. The molecule has 0 spiro atoms. The van der Waals surface area contributed by atoms with Crippen molar-refractivity contribution < 1.29 is 27.5 Å². The maximum Gasteiger partial charge on any atom is 0.341 e. The number of benzene rings is 1. The van der Waals surface area contributed by atoms with Crippen molar-refractivity contribution in [3.8, 4) is 5.75 Å². The third-order valence-electron chi connectivity index (χ3n) is 4.34. The number of carbonyl (C=O) groups is 2. The van der Waals surface area contributed by atoms with Gasteiger partial charge in [-0.2, -0.15) is 0 Å². The lowest BCUT2D eigenvalue weighted by atomic mass is 10.1. The molecular formula is C19H21NO6S2. The SMILES string of the molecule is CCOC(=O)c1c(NC(=O)Cc2cccc(OC)c2)sc2c1CCS(=O)(=O)C2. The molecule has 0 bridgehead atoms. The van der Waals surface area contributed by atoms with E-state index in [4.69, 9.17) is 9.47 Å². The van der Waals surface area contributed by atoms with E-state index >= 15 is 0 Å². The topological polar surface area (TPSA) is 98.8 Å². The Labute approximate surface area is 167 Å². The van der Waals surface area contributed by atoms with E-state index in [0.29, 0.717) is 21.2 Å². The van der Waals surface area contributed by atoms with Crippen molar-refractivity contribution in [2.75, 3.05) is 24.8 Å². The number of amides is 1. The van der Waals surface area contributed by atoms with Gasteiger partial charge in [0.05, 0.1) is 37.2 Å². The van der Waals surface area contributed by atoms with Gasteiger partial charge in [0.2, 0.25) is 5.91 Å². The molecule has 0 unspecified atom stereocenters. The average molecular weight is 424 g/mol. The zero-order valence-corrected chi connectivity index (χ0v) is 17.2. The van der Waals surface area contributed by atoms with Crippen molar-refractivity contribution in [3.63, 3.8) is 0 Å². The number of nitrogens with one attached hydrogen (secondary N) is 1. The van der Waals surface area contributed by atoms with Gasteiger partial charge in [-0.15, -0.1) is 11.3 Å². The van der Waals surface area contributed by atoms with Gasteiger partial charge in [0.25, 0.3) is 0 Å². The van der Waals surface area contributed by atoms with E-state index in [1.54, 1.807) is 38.3 Å². The molecule has 0 saturated carbocycles. The van der Waals surface area contributed by atoms with Crippen molar-refractivity contribution in [2.24, 2.45) is 0 Å². The Hall–Kier alpha value is -2.39. The number of esters is 1. The Balaban J connectivity index is 1.87. The first-order valence-electron chi connectivity index (χ1n) is 8.78. The van der Waals surface area contributed by atoms with Crippen LogP contribution in [-0.4, -0.2) is 39.8 Å². The maximum absolute atomic E-state index is 12.5. The highest BCUT2D eigenvalue weighted by Crippen LogP contribution is 2.38. The Kier molecular flexibility index (Phi) is 6.04. The molecule has 7 nitrogen and oxygen atoms in total. The quantitative estimate of drug-likeness (QED) is 0.717. The molecule has 0 radical (unpaired) electrons. The van der Waals surface area contributed by atoms with Gasteiger partial charge in [-0.3, -0.25) is 4.79 Å². The highest BCUT2D eigenvalue weighted by molar-refractivity contribution is 7.90. The molecule has 1 aromatic heterocycles. The number of rotatable bonds is 6. The number of hydrogen-bond donors (Lipinski definition) is 1. The Morgan fingerprint density at radius 2 is 2.07 bits per heavy atom. The zero-order valence-electron chi connectivity index (χ0n) is 15.6. The minimum absolute atomic E-state index is 0.0136. The van der Waals surface area contributed by atoms with E-state index < -0.39 is 15.8 Å². The molecule has 150 valence electrons. The zero-order chi connectivity index (χ0) is 20.3. The predicted octanol–water partition coefficient (Wildman–Crippen LogP) is 2.59. The number of anilines is 1. The smallest absolute Gasteiger partial charge is 0.341 e. The van der Waals surface area contributed by atoms with Crippen LogP contribution in [0.25, 0.3) is 0 Å². The van der Waals surface area contributed by atoms with E-state index in [0.717, 1.165) is 16.9 Å². The molecule has 2 aromatic rings. The second-order valence-corrected chi connectivity index (χ2v) is 9.64. The first kappa shape index (κ1) is 20.3. The molecule has 1 aromatic carbocycles. The molecule has 0 saturated heterocycles. The number of ether oxygens (including phenoxy) is 2. The van der Waals surface area contributed by atoms with Crippen molar-refractivity contribution in [2.45, 2.75) is 25.5 Å². The van der Waals surface area contributed by atoms with Crippen molar-refractivity contribution in [1.29, 1.82) is 0 Å².